The Labute approximate surface area is 182 Å². The number of thioether (sulfide) groups is 1. The van der Waals surface area contributed by atoms with Crippen molar-refractivity contribution in [1.82, 2.24) is 14.5 Å². The molecule has 31 heavy (non-hydrogen) atoms. The molecule has 2 heterocycles. The largest absolute Gasteiger partial charge is 0.418 e. The number of anilines is 1. The minimum atomic E-state index is -4.62. The maximum absolute atomic E-state index is 13.0. The van der Waals surface area contributed by atoms with Gasteiger partial charge >= 0.3 is 6.18 Å². The standard InChI is InChI=1S/C19H17F3N4O3S2/c1-25(9-14(27)23-13-6-4-3-5-12(13)19(20,21)22)15(28)10-31-18-24-16-11(7-8-30-16)17(29)26(18)2/h3-8H,9-10H2,1-2H3,(H,23,27). The van der Waals surface area contributed by atoms with Crippen molar-refractivity contribution >= 4 is 50.8 Å². The van der Waals surface area contributed by atoms with Gasteiger partial charge in [-0.1, -0.05) is 23.9 Å². The fourth-order valence-corrected chi connectivity index (χ4v) is 4.40. The number of benzene rings is 1. The average molecular weight is 470 g/mol. The van der Waals surface area contributed by atoms with E-state index in [9.17, 15) is 27.6 Å². The molecule has 0 bridgehead atoms. The highest BCUT2D eigenvalue weighted by atomic mass is 32.2. The minimum Gasteiger partial charge on any atom is -0.336 e. The lowest BCUT2D eigenvalue weighted by Gasteiger charge is -2.18. The lowest BCUT2D eigenvalue weighted by atomic mass is 10.1. The number of likely N-dealkylation sites (N-methyl/N-ethyl adjacent to an activating group) is 1. The zero-order valence-electron chi connectivity index (χ0n) is 16.4. The summed E-state index contributed by atoms with van der Waals surface area (Å²) in [5.41, 5.74) is -1.57. The Morgan fingerprint density at radius 1 is 1.26 bits per heavy atom. The maximum Gasteiger partial charge on any atom is 0.418 e. The van der Waals surface area contributed by atoms with Crippen molar-refractivity contribution in [3.63, 3.8) is 0 Å². The molecular formula is C19H17F3N4O3S2. The Bertz CT molecular complexity index is 1190. The van der Waals surface area contributed by atoms with E-state index >= 15 is 0 Å². The summed E-state index contributed by atoms with van der Waals surface area (Å²) in [4.78, 5) is 42.9. The van der Waals surface area contributed by atoms with Crippen molar-refractivity contribution in [3.8, 4) is 0 Å². The van der Waals surface area contributed by atoms with Crippen LogP contribution in [0.5, 0.6) is 0 Å². The Balaban J connectivity index is 1.61. The second kappa shape index (κ2) is 9.10. The lowest BCUT2D eigenvalue weighted by Crippen LogP contribution is -2.36. The van der Waals surface area contributed by atoms with Crippen LogP contribution in [-0.2, 0) is 22.8 Å². The molecule has 164 valence electrons. The number of hydrogen-bond donors (Lipinski definition) is 1. The molecule has 2 aromatic heterocycles. The van der Waals surface area contributed by atoms with Crippen LogP contribution >= 0.6 is 23.1 Å². The second-order valence-corrected chi connectivity index (χ2v) is 8.37. The molecule has 1 aromatic carbocycles. The van der Waals surface area contributed by atoms with Crippen LogP contribution in [0, 0.1) is 0 Å². The number of alkyl halides is 3. The summed E-state index contributed by atoms with van der Waals surface area (Å²) in [5, 5.41) is 4.79. The maximum atomic E-state index is 13.0. The van der Waals surface area contributed by atoms with Crippen molar-refractivity contribution < 1.29 is 22.8 Å². The Kier molecular flexibility index (Phi) is 6.70. The Morgan fingerprint density at radius 2 is 1.97 bits per heavy atom. The van der Waals surface area contributed by atoms with Crippen LogP contribution in [0.2, 0.25) is 0 Å². The summed E-state index contributed by atoms with van der Waals surface area (Å²) in [6.07, 6.45) is -4.62. The number of rotatable bonds is 6. The smallest absolute Gasteiger partial charge is 0.336 e. The summed E-state index contributed by atoms with van der Waals surface area (Å²) in [6.45, 7) is -0.429. The van der Waals surface area contributed by atoms with E-state index in [0.29, 0.717) is 15.4 Å². The van der Waals surface area contributed by atoms with Gasteiger partial charge in [-0.25, -0.2) is 4.98 Å². The van der Waals surface area contributed by atoms with E-state index in [1.165, 1.54) is 35.1 Å². The van der Waals surface area contributed by atoms with Crippen LogP contribution in [0.15, 0.2) is 45.7 Å². The Morgan fingerprint density at radius 3 is 2.68 bits per heavy atom. The molecule has 0 saturated carbocycles. The van der Waals surface area contributed by atoms with E-state index in [1.54, 1.807) is 18.5 Å². The molecule has 0 spiro atoms. The summed E-state index contributed by atoms with van der Waals surface area (Å²) >= 11 is 2.35. The summed E-state index contributed by atoms with van der Waals surface area (Å²) < 4.78 is 40.5. The van der Waals surface area contributed by atoms with E-state index in [-0.39, 0.29) is 17.0 Å². The number of thiophene rings is 1. The van der Waals surface area contributed by atoms with Gasteiger partial charge in [0.1, 0.15) is 4.83 Å². The first-order valence-corrected chi connectivity index (χ1v) is 10.7. The molecule has 0 fully saturated rings. The minimum absolute atomic E-state index is 0.0971. The number of carbonyl (C=O) groups is 2. The average Bonchev–Trinajstić information content (AvgIpc) is 3.17. The third kappa shape index (κ3) is 5.25. The van der Waals surface area contributed by atoms with Crippen LogP contribution in [0.4, 0.5) is 18.9 Å². The van der Waals surface area contributed by atoms with Crippen LogP contribution in [0.1, 0.15) is 5.56 Å². The van der Waals surface area contributed by atoms with Gasteiger partial charge in [0, 0.05) is 14.1 Å². The quantitative estimate of drug-likeness (QED) is 0.442. The summed E-state index contributed by atoms with van der Waals surface area (Å²) in [7, 11) is 2.92. The van der Waals surface area contributed by atoms with Gasteiger partial charge in [0.25, 0.3) is 5.56 Å². The molecule has 1 N–H and O–H groups in total. The van der Waals surface area contributed by atoms with Crippen molar-refractivity contribution in [2.24, 2.45) is 7.05 Å². The van der Waals surface area contributed by atoms with E-state index in [2.05, 4.69) is 10.3 Å². The van der Waals surface area contributed by atoms with Gasteiger partial charge in [0.15, 0.2) is 5.16 Å². The molecule has 7 nitrogen and oxygen atoms in total. The number of aromatic nitrogens is 2. The van der Waals surface area contributed by atoms with Gasteiger partial charge in [-0.3, -0.25) is 19.0 Å². The third-order valence-corrected chi connectivity index (χ3v) is 6.12. The van der Waals surface area contributed by atoms with Gasteiger partial charge in [-0.15, -0.1) is 11.3 Å². The van der Waals surface area contributed by atoms with E-state index in [4.69, 9.17) is 0 Å². The molecule has 12 heteroatoms. The van der Waals surface area contributed by atoms with Crippen LogP contribution in [0.3, 0.4) is 0 Å². The lowest BCUT2D eigenvalue weighted by molar-refractivity contribution is -0.137. The first-order valence-electron chi connectivity index (χ1n) is 8.85. The van der Waals surface area contributed by atoms with E-state index in [0.717, 1.165) is 28.8 Å². The van der Waals surface area contributed by atoms with Gasteiger partial charge in [0.2, 0.25) is 11.8 Å². The number of para-hydroxylation sites is 1. The number of hydrogen-bond acceptors (Lipinski definition) is 6. The molecule has 3 aromatic rings. The normalized spacial score (nSPS) is 11.5. The van der Waals surface area contributed by atoms with Crippen LogP contribution < -0.4 is 10.9 Å². The summed E-state index contributed by atoms with van der Waals surface area (Å²) in [6, 6.07) is 6.28. The fraction of sp³-hybridized carbons (Fsp3) is 0.263. The first kappa shape index (κ1) is 22.8. The zero-order chi connectivity index (χ0) is 22.8. The Hall–Kier alpha value is -2.86. The molecule has 0 aliphatic heterocycles. The third-order valence-electron chi connectivity index (χ3n) is 4.30. The predicted octanol–water partition coefficient (Wildman–Crippen LogP) is 3.20. The van der Waals surface area contributed by atoms with Gasteiger partial charge < -0.3 is 10.2 Å². The highest BCUT2D eigenvalue weighted by molar-refractivity contribution is 7.99. The molecular weight excluding hydrogens is 453 g/mol. The van der Waals surface area contributed by atoms with Crippen molar-refractivity contribution in [3.05, 3.63) is 51.6 Å². The van der Waals surface area contributed by atoms with Crippen molar-refractivity contribution in [1.29, 1.82) is 0 Å². The molecule has 3 rings (SSSR count). The van der Waals surface area contributed by atoms with Gasteiger partial charge in [0.05, 0.1) is 28.9 Å². The molecule has 0 saturated heterocycles. The van der Waals surface area contributed by atoms with Crippen molar-refractivity contribution in [2.75, 3.05) is 24.7 Å². The second-order valence-electron chi connectivity index (χ2n) is 6.53. The highest BCUT2D eigenvalue weighted by Crippen LogP contribution is 2.34. The highest BCUT2D eigenvalue weighted by Gasteiger charge is 2.33. The van der Waals surface area contributed by atoms with Crippen molar-refractivity contribution in [2.45, 2.75) is 11.3 Å². The number of halogens is 3. The van der Waals surface area contributed by atoms with E-state index < -0.39 is 30.1 Å². The molecule has 0 radical (unpaired) electrons. The van der Waals surface area contributed by atoms with E-state index in [1.807, 2.05) is 0 Å². The monoisotopic (exact) mass is 470 g/mol. The summed E-state index contributed by atoms with van der Waals surface area (Å²) in [5.74, 6) is -1.30. The van der Waals surface area contributed by atoms with Gasteiger partial charge in [-0.2, -0.15) is 13.2 Å². The number of nitrogens with zero attached hydrogens (tertiary/aromatic N) is 3. The number of amides is 2. The molecule has 0 unspecified atom stereocenters. The number of nitrogens with one attached hydrogen (secondary N) is 1. The fourth-order valence-electron chi connectivity index (χ4n) is 2.68. The molecule has 0 atom stereocenters. The SMILES string of the molecule is CN(CC(=O)Nc1ccccc1C(F)(F)F)C(=O)CSc1nc2sccc2c(=O)n1C. The first-order chi connectivity index (χ1) is 14.6. The predicted molar refractivity (Wildman–Crippen MR) is 113 cm³/mol. The number of fused-ring (bicyclic) bond motifs is 1. The zero-order valence-corrected chi connectivity index (χ0v) is 18.0. The number of carbonyl (C=O) groups excluding carboxylic acids is 2. The van der Waals surface area contributed by atoms with Gasteiger partial charge in [-0.05, 0) is 23.6 Å². The molecule has 0 aliphatic carbocycles. The van der Waals surface area contributed by atoms with Crippen LogP contribution in [0.25, 0.3) is 10.2 Å². The van der Waals surface area contributed by atoms with Crippen LogP contribution in [-0.4, -0.2) is 45.6 Å². The molecule has 2 amide bonds. The topological polar surface area (TPSA) is 84.3 Å². The molecule has 0 aliphatic rings.